The van der Waals surface area contributed by atoms with E-state index in [4.69, 9.17) is 5.73 Å². The monoisotopic (exact) mass is 548 g/mol. The van der Waals surface area contributed by atoms with Gasteiger partial charge in [-0.1, -0.05) is 30.3 Å². The third kappa shape index (κ3) is 10.2. The molecule has 14 heteroatoms. The summed E-state index contributed by atoms with van der Waals surface area (Å²) < 4.78 is 0. The first-order chi connectivity index (χ1) is 18.1. The van der Waals surface area contributed by atoms with Crippen LogP contribution in [-0.4, -0.2) is 86.0 Å². The number of nitrogens with zero attached hydrogens (tertiary/aromatic N) is 1. The van der Waals surface area contributed by atoms with Gasteiger partial charge in [0.15, 0.2) is 0 Å². The number of carboxylic acids is 2. The SMILES string of the molecule is CSCCC(N)C(=O)NC(CC(=O)O)C(=O)NC(Cc1ccccc1)C(=O)NC(Cc1cnc[nH]1)C(=O)O. The molecule has 1 aromatic heterocycles. The van der Waals surface area contributed by atoms with Crippen LogP contribution in [0.3, 0.4) is 0 Å². The number of carboxylic acid groups (broad SMARTS) is 2. The van der Waals surface area contributed by atoms with E-state index < -0.39 is 60.2 Å². The minimum absolute atomic E-state index is 0.0181. The minimum atomic E-state index is -1.51. The van der Waals surface area contributed by atoms with Crippen LogP contribution in [0.2, 0.25) is 0 Å². The lowest BCUT2D eigenvalue weighted by Gasteiger charge is -2.24. The van der Waals surface area contributed by atoms with Gasteiger partial charge in [0.1, 0.15) is 18.1 Å². The first-order valence-electron chi connectivity index (χ1n) is 11.7. The van der Waals surface area contributed by atoms with Crippen molar-refractivity contribution in [3.8, 4) is 0 Å². The van der Waals surface area contributed by atoms with Crippen LogP contribution < -0.4 is 21.7 Å². The molecule has 0 saturated carbocycles. The smallest absolute Gasteiger partial charge is 0.326 e. The van der Waals surface area contributed by atoms with E-state index in [0.29, 0.717) is 23.4 Å². The number of carbonyl (C=O) groups excluding carboxylic acids is 3. The van der Waals surface area contributed by atoms with E-state index in [2.05, 4.69) is 25.9 Å². The van der Waals surface area contributed by atoms with Gasteiger partial charge in [0, 0.05) is 24.7 Å². The summed E-state index contributed by atoms with van der Waals surface area (Å²) in [7, 11) is 0. The highest BCUT2D eigenvalue weighted by Gasteiger charge is 2.31. The molecular weight excluding hydrogens is 516 g/mol. The topological polar surface area (TPSA) is 217 Å². The van der Waals surface area contributed by atoms with Gasteiger partial charge in [0.25, 0.3) is 0 Å². The number of aromatic nitrogens is 2. The fraction of sp³-hybridized carbons (Fsp3) is 0.417. The highest BCUT2D eigenvalue weighted by atomic mass is 32.2. The van der Waals surface area contributed by atoms with Gasteiger partial charge in [-0.3, -0.25) is 19.2 Å². The lowest BCUT2D eigenvalue weighted by molar-refractivity contribution is -0.143. The van der Waals surface area contributed by atoms with Crippen LogP contribution in [0.1, 0.15) is 24.1 Å². The van der Waals surface area contributed by atoms with Crippen molar-refractivity contribution >= 4 is 41.4 Å². The Balaban J connectivity index is 2.21. The van der Waals surface area contributed by atoms with Gasteiger partial charge in [-0.25, -0.2) is 9.78 Å². The van der Waals surface area contributed by atoms with Crippen molar-refractivity contribution in [2.45, 2.75) is 49.9 Å². The van der Waals surface area contributed by atoms with E-state index in [1.54, 1.807) is 30.3 Å². The van der Waals surface area contributed by atoms with Crippen molar-refractivity contribution in [3.05, 3.63) is 54.1 Å². The average molecular weight is 549 g/mol. The van der Waals surface area contributed by atoms with E-state index in [1.165, 1.54) is 24.3 Å². The summed E-state index contributed by atoms with van der Waals surface area (Å²) in [5, 5.41) is 26.1. The Morgan fingerprint density at radius 2 is 1.58 bits per heavy atom. The Labute approximate surface area is 223 Å². The highest BCUT2D eigenvalue weighted by molar-refractivity contribution is 7.98. The third-order valence-electron chi connectivity index (χ3n) is 5.49. The average Bonchev–Trinajstić information content (AvgIpc) is 3.39. The van der Waals surface area contributed by atoms with Gasteiger partial charge >= 0.3 is 11.9 Å². The number of thioether (sulfide) groups is 1. The number of rotatable bonds is 16. The van der Waals surface area contributed by atoms with Crippen LogP contribution in [0.15, 0.2) is 42.9 Å². The maximum atomic E-state index is 13.2. The summed E-state index contributed by atoms with van der Waals surface area (Å²) in [6, 6.07) is 3.59. The fourth-order valence-corrected chi connectivity index (χ4v) is 3.95. The first kappa shape index (κ1) is 30.3. The zero-order valence-corrected chi connectivity index (χ0v) is 21.6. The predicted molar refractivity (Wildman–Crippen MR) is 139 cm³/mol. The molecule has 206 valence electrons. The number of benzene rings is 1. The van der Waals surface area contributed by atoms with Gasteiger partial charge in [-0.2, -0.15) is 11.8 Å². The molecule has 4 unspecified atom stereocenters. The number of amides is 3. The minimum Gasteiger partial charge on any atom is -0.481 e. The maximum Gasteiger partial charge on any atom is 0.326 e. The lowest BCUT2D eigenvalue weighted by atomic mass is 10.0. The van der Waals surface area contributed by atoms with Crippen molar-refractivity contribution in [1.29, 1.82) is 0 Å². The summed E-state index contributed by atoms with van der Waals surface area (Å²) in [6.45, 7) is 0. The molecular formula is C24H32N6O7S. The van der Waals surface area contributed by atoms with Crippen molar-refractivity contribution in [1.82, 2.24) is 25.9 Å². The van der Waals surface area contributed by atoms with Crippen molar-refractivity contribution in [2.75, 3.05) is 12.0 Å². The van der Waals surface area contributed by atoms with Crippen LogP contribution in [-0.2, 0) is 36.8 Å². The maximum absolute atomic E-state index is 13.2. The van der Waals surface area contributed by atoms with Gasteiger partial charge in [-0.05, 0) is 24.0 Å². The van der Waals surface area contributed by atoms with E-state index in [9.17, 15) is 34.2 Å². The standard InChI is InChI=1S/C24H32N6O7S/c1-38-8-7-16(25)21(33)28-18(11-20(31)32)23(35)29-17(9-14-5-3-2-4-6-14)22(34)30-19(24(36)37)10-15-12-26-13-27-15/h2-6,12-13,16-19H,7-11,25H2,1H3,(H,26,27)(H,28,33)(H,29,35)(H,30,34)(H,31,32)(H,36,37). The Bertz CT molecular complexity index is 1080. The van der Waals surface area contributed by atoms with Crippen molar-refractivity contribution in [2.24, 2.45) is 5.73 Å². The second kappa shape index (κ2) is 15.4. The number of aliphatic carboxylic acids is 2. The number of nitrogens with two attached hydrogens (primary N) is 1. The molecule has 4 atom stereocenters. The second-order valence-electron chi connectivity index (χ2n) is 8.48. The number of aromatic amines is 1. The van der Waals surface area contributed by atoms with Gasteiger partial charge < -0.3 is 36.9 Å². The molecule has 0 saturated heterocycles. The molecule has 2 aromatic rings. The summed E-state index contributed by atoms with van der Waals surface area (Å²) >= 11 is 1.48. The van der Waals surface area contributed by atoms with Crippen LogP contribution in [0.25, 0.3) is 0 Å². The normalized spacial score (nSPS) is 13.9. The van der Waals surface area contributed by atoms with Crippen LogP contribution in [0.4, 0.5) is 0 Å². The number of carbonyl (C=O) groups is 5. The number of hydrogen-bond acceptors (Lipinski definition) is 8. The third-order valence-corrected chi connectivity index (χ3v) is 6.13. The van der Waals surface area contributed by atoms with Crippen LogP contribution >= 0.6 is 11.8 Å². The van der Waals surface area contributed by atoms with Gasteiger partial charge in [0.2, 0.25) is 17.7 Å². The second-order valence-corrected chi connectivity index (χ2v) is 9.46. The van der Waals surface area contributed by atoms with E-state index >= 15 is 0 Å². The highest BCUT2D eigenvalue weighted by Crippen LogP contribution is 2.07. The Morgan fingerprint density at radius 3 is 2.16 bits per heavy atom. The first-order valence-corrected chi connectivity index (χ1v) is 13.1. The summed E-state index contributed by atoms with van der Waals surface area (Å²) in [5.41, 5.74) is 6.98. The number of H-pyrrole nitrogens is 1. The van der Waals surface area contributed by atoms with Crippen LogP contribution in [0, 0.1) is 0 Å². The molecule has 2 rings (SSSR count). The van der Waals surface area contributed by atoms with Gasteiger partial charge in [0.05, 0.1) is 18.8 Å². The molecule has 0 aliphatic heterocycles. The molecule has 8 N–H and O–H groups in total. The Hall–Kier alpha value is -3.91. The summed E-state index contributed by atoms with van der Waals surface area (Å²) in [4.78, 5) is 68.5. The molecule has 0 spiro atoms. The van der Waals surface area contributed by atoms with E-state index in [0.717, 1.165) is 0 Å². The molecule has 38 heavy (non-hydrogen) atoms. The zero-order chi connectivity index (χ0) is 28.1. The molecule has 0 fully saturated rings. The van der Waals surface area contributed by atoms with E-state index in [1.807, 2.05) is 6.26 Å². The molecule has 13 nitrogen and oxygen atoms in total. The molecule has 0 aliphatic carbocycles. The molecule has 1 aromatic carbocycles. The van der Waals surface area contributed by atoms with Gasteiger partial charge in [-0.15, -0.1) is 0 Å². The Morgan fingerprint density at radius 1 is 0.947 bits per heavy atom. The molecule has 3 amide bonds. The largest absolute Gasteiger partial charge is 0.481 e. The number of hydrogen-bond donors (Lipinski definition) is 7. The summed E-state index contributed by atoms with van der Waals surface area (Å²) in [6.07, 6.45) is 4.11. The quantitative estimate of drug-likeness (QED) is 0.140. The summed E-state index contributed by atoms with van der Waals surface area (Å²) in [5.74, 6) is -4.48. The molecule has 0 bridgehead atoms. The fourth-order valence-electron chi connectivity index (χ4n) is 3.46. The van der Waals surface area contributed by atoms with E-state index in [-0.39, 0.29) is 12.8 Å². The Kier molecular flexibility index (Phi) is 12.3. The number of imidazole rings is 1. The zero-order valence-electron chi connectivity index (χ0n) is 20.8. The van der Waals surface area contributed by atoms with Crippen molar-refractivity contribution < 1.29 is 34.2 Å². The number of nitrogens with one attached hydrogen (secondary N) is 4. The lowest BCUT2D eigenvalue weighted by Crippen LogP contribution is -2.58. The molecule has 0 radical (unpaired) electrons. The predicted octanol–water partition coefficient (Wildman–Crippen LogP) is -0.711. The molecule has 0 aliphatic rings. The molecule has 1 heterocycles. The van der Waals surface area contributed by atoms with Crippen molar-refractivity contribution in [3.63, 3.8) is 0 Å². The van der Waals surface area contributed by atoms with Crippen LogP contribution in [0.5, 0.6) is 0 Å².